The summed E-state index contributed by atoms with van der Waals surface area (Å²) in [7, 11) is 0. The molecule has 1 saturated carbocycles. The number of ether oxygens (including phenoxy) is 2. The lowest BCUT2D eigenvalue weighted by molar-refractivity contribution is 0.0141. The lowest BCUT2D eigenvalue weighted by atomic mass is 9.87. The summed E-state index contributed by atoms with van der Waals surface area (Å²) in [6, 6.07) is 9.05. The molecule has 5 nitrogen and oxygen atoms in total. The van der Waals surface area contributed by atoms with Crippen LogP contribution in [-0.2, 0) is 4.74 Å². The molecular weight excluding hydrogens is 316 g/mol. The monoisotopic (exact) mass is 344 g/mol. The van der Waals surface area contributed by atoms with Gasteiger partial charge in [0.1, 0.15) is 11.9 Å². The van der Waals surface area contributed by atoms with Crippen molar-refractivity contribution in [3.05, 3.63) is 29.8 Å². The molecule has 2 heterocycles. The largest absolute Gasteiger partial charge is 0.490 e. The van der Waals surface area contributed by atoms with Gasteiger partial charge in [-0.1, -0.05) is 0 Å². The van der Waals surface area contributed by atoms with Crippen LogP contribution in [0.25, 0.3) is 0 Å². The zero-order valence-corrected chi connectivity index (χ0v) is 15.0. The number of carbonyl (C=O) groups excluding carboxylic acids is 1. The number of benzene rings is 1. The van der Waals surface area contributed by atoms with Crippen LogP contribution in [0.3, 0.4) is 0 Å². The lowest BCUT2D eigenvalue weighted by Gasteiger charge is -2.42. The second-order valence-electron chi connectivity index (χ2n) is 7.52. The number of carbonyl (C=O) groups is 1. The molecule has 0 unspecified atom stereocenters. The van der Waals surface area contributed by atoms with E-state index in [1.165, 1.54) is 19.4 Å². The predicted octanol–water partition coefficient (Wildman–Crippen LogP) is 2.55. The Morgan fingerprint density at radius 1 is 1.12 bits per heavy atom. The van der Waals surface area contributed by atoms with E-state index >= 15 is 0 Å². The molecule has 0 bridgehead atoms. The first-order valence-electron chi connectivity index (χ1n) is 9.60. The highest BCUT2D eigenvalue weighted by atomic mass is 16.5. The van der Waals surface area contributed by atoms with Crippen LogP contribution in [0.5, 0.6) is 5.75 Å². The number of morpholine rings is 1. The van der Waals surface area contributed by atoms with Crippen LogP contribution in [-0.4, -0.2) is 66.7 Å². The van der Waals surface area contributed by atoms with Crippen molar-refractivity contribution in [1.82, 2.24) is 9.80 Å². The average Bonchev–Trinajstić information content (AvgIpc) is 3.04. The van der Waals surface area contributed by atoms with Crippen LogP contribution in [0.4, 0.5) is 0 Å². The third-order valence-corrected chi connectivity index (χ3v) is 5.85. The van der Waals surface area contributed by atoms with Crippen molar-refractivity contribution in [3.8, 4) is 5.75 Å². The summed E-state index contributed by atoms with van der Waals surface area (Å²) in [6.07, 6.45) is 5.23. The van der Waals surface area contributed by atoms with Crippen molar-refractivity contribution in [1.29, 1.82) is 0 Å². The quantitative estimate of drug-likeness (QED) is 0.842. The molecule has 4 rings (SSSR count). The minimum absolute atomic E-state index is 0.0848. The Balaban J connectivity index is 1.27. The second-order valence-corrected chi connectivity index (χ2v) is 7.52. The van der Waals surface area contributed by atoms with Gasteiger partial charge in [-0.15, -0.1) is 0 Å². The molecule has 1 aliphatic carbocycles. The Kier molecular flexibility index (Phi) is 4.95. The van der Waals surface area contributed by atoms with Crippen molar-refractivity contribution in [2.24, 2.45) is 0 Å². The average molecular weight is 344 g/mol. The fourth-order valence-electron chi connectivity index (χ4n) is 4.22. The summed E-state index contributed by atoms with van der Waals surface area (Å²) in [6.45, 7) is 6.20. The molecular formula is C20H28N2O3. The van der Waals surface area contributed by atoms with Gasteiger partial charge in [0.2, 0.25) is 0 Å². The van der Waals surface area contributed by atoms with Crippen LogP contribution in [0, 0.1) is 0 Å². The SMILES string of the molecule is C[C@H]1CCCN1[C@H]1C[C@H](Oc2ccc(C(=O)N3CCOCC3)cc2)C1. The molecule has 0 radical (unpaired) electrons. The highest BCUT2D eigenvalue weighted by molar-refractivity contribution is 5.94. The number of hydrogen-bond acceptors (Lipinski definition) is 4. The van der Waals surface area contributed by atoms with Crippen LogP contribution in [0.1, 0.15) is 43.0 Å². The Bertz CT molecular complexity index is 591. The van der Waals surface area contributed by atoms with E-state index in [0.717, 1.165) is 30.2 Å². The zero-order valence-electron chi connectivity index (χ0n) is 15.0. The van der Waals surface area contributed by atoms with E-state index in [4.69, 9.17) is 9.47 Å². The molecule has 5 heteroatoms. The fraction of sp³-hybridized carbons (Fsp3) is 0.650. The predicted molar refractivity (Wildman–Crippen MR) is 96.0 cm³/mol. The van der Waals surface area contributed by atoms with Gasteiger partial charge < -0.3 is 14.4 Å². The molecule has 3 aliphatic rings. The highest BCUT2D eigenvalue weighted by Gasteiger charge is 2.38. The molecule has 25 heavy (non-hydrogen) atoms. The molecule has 2 saturated heterocycles. The standard InChI is InChI=1S/C20H28N2O3/c1-15-3-2-8-22(15)17-13-19(14-17)25-18-6-4-16(5-7-18)20(23)21-9-11-24-12-10-21/h4-7,15,17,19H,2-3,8-14H2,1H3/t15-,17-,19-/m0/s1. The van der Waals surface area contributed by atoms with Crippen molar-refractivity contribution >= 4 is 5.91 Å². The van der Waals surface area contributed by atoms with Gasteiger partial charge in [-0.25, -0.2) is 0 Å². The summed E-state index contributed by atoms with van der Waals surface area (Å²) in [5.41, 5.74) is 0.728. The third-order valence-electron chi connectivity index (χ3n) is 5.85. The van der Waals surface area contributed by atoms with E-state index in [0.29, 0.717) is 38.4 Å². The van der Waals surface area contributed by atoms with E-state index in [9.17, 15) is 4.79 Å². The van der Waals surface area contributed by atoms with Crippen molar-refractivity contribution in [2.75, 3.05) is 32.8 Å². The lowest BCUT2D eigenvalue weighted by Crippen LogP contribution is -2.50. The molecule has 2 aliphatic heterocycles. The molecule has 0 N–H and O–H groups in total. The number of rotatable bonds is 4. The van der Waals surface area contributed by atoms with E-state index in [2.05, 4.69) is 11.8 Å². The first-order valence-corrected chi connectivity index (χ1v) is 9.60. The fourth-order valence-corrected chi connectivity index (χ4v) is 4.22. The van der Waals surface area contributed by atoms with Crippen LogP contribution < -0.4 is 4.74 Å². The van der Waals surface area contributed by atoms with Crippen LogP contribution >= 0.6 is 0 Å². The molecule has 0 aromatic heterocycles. The molecule has 1 aromatic rings. The maximum atomic E-state index is 12.4. The van der Waals surface area contributed by atoms with Crippen LogP contribution in [0.15, 0.2) is 24.3 Å². The Hall–Kier alpha value is -1.59. The van der Waals surface area contributed by atoms with E-state index in [1.807, 2.05) is 29.2 Å². The minimum Gasteiger partial charge on any atom is -0.490 e. The van der Waals surface area contributed by atoms with E-state index in [1.54, 1.807) is 0 Å². The number of amides is 1. The minimum atomic E-state index is 0.0848. The zero-order chi connectivity index (χ0) is 17.2. The third kappa shape index (κ3) is 3.67. The molecule has 136 valence electrons. The molecule has 1 atom stereocenters. The van der Waals surface area contributed by atoms with Crippen LogP contribution in [0.2, 0.25) is 0 Å². The topological polar surface area (TPSA) is 42.0 Å². The Morgan fingerprint density at radius 3 is 2.48 bits per heavy atom. The van der Waals surface area contributed by atoms with Gasteiger partial charge in [0, 0.05) is 43.6 Å². The van der Waals surface area contributed by atoms with E-state index in [-0.39, 0.29) is 5.91 Å². The van der Waals surface area contributed by atoms with Gasteiger partial charge >= 0.3 is 0 Å². The molecule has 1 aromatic carbocycles. The summed E-state index contributed by atoms with van der Waals surface area (Å²) in [5.74, 6) is 0.957. The van der Waals surface area contributed by atoms with Crippen molar-refractivity contribution in [3.63, 3.8) is 0 Å². The Labute approximate surface area is 149 Å². The molecule has 0 spiro atoms. The smallest absolute Gasteiger partial charge is 0.254 e. The van der Waals surface area contributed by atoms with Crippen molar-refractivity contribution < 1.29 is 14.3 Å². The molecule has 1 amide bonds. The Morgan fingerprint density at radius 2 is 1.84 bits per heavy atom. The van der Waals surface area contributed by atoms with Gasteiger partial charge in [-0.3, -0.25) is 9.69 Å². The van der Waals surface area contributed by atoms with Gasteiger partial charge in [0.25, 0.3) is 5.91 Å². The summed E-state index contributed by atoms with van der Waals surface area (Å²) in [5, 5.41) is 0. The summed E-state index contributed by atoms with van der Waals surface area (Å²) < 4.78 is 11.4. The summed E-state index contributed by atoms with van der Waals surface area (Å²) >= 11 is 0. The van der Waals surface area contributed by atoms with Gasteiger partial charge in [0.15, 0.2) is 0 Å². The summed E-state index contributed by atoms with van der Waals surface area (Å²) in [4.78, 5) is 16.9. The van der Waals surface area contributed by atoms with Crippen molar-refractivity contribution in [2.45, 2.75) is 50.8 Å². The maximum Gasteiger partial charge on any atom is 0.254 e. The number of nitrogens with zero attached hydrogens (tertiary/aromatic N) is 2. The van der Waals surface area contributed by atoms with Gasteiger partial charge in [0.05, 0.1) is 13.2 Å². The highest BCUT2D eigenvalue weighted by Crippen LogP contribution is 2.34. The van der Waals surface area contributed by atoms with Gasteiger partial charge in [-0.05, 0) is 50.6 Å². The first kappa shape index (κ1) is 16.9. The normalized spacial score (nSPS) is 30.1. The van der Waals surface area contributed by atoms with E-state index < -0.39 is 0 Å². The maximum absolute atomic E-state index is 12.4. The number of likely N-dealkylation sites (tertiary alicyclic amines) is 1. The van der Waals surface area contributed by atoms with Gasteiger partial charge in [-0.2, -0.15) is 0 Å². The molecule has 3 fully saturated rings. The second kappa shape index (κ2) is 7.34. The number of hydrogen-bond donors (Lipinski definition) is 0. The first-order chi connectivity index (χ1) is 12.2.